The van der Waals surface area contributed by atoms with Crippen LogP contribution in [0, 0.1) is 0 Å². The summed E-state index contributed by atoms with van der Waals surface area (Å²) >= 11 is 0. The molecule has 1 heterocycles. The van der Waals surface area contributed by atoms with E-state index in [-0.39, 0.29) is 0 Å². The monoisotopic (exact) mass is 379 g/mol. The molecule has 140 valence electrons. The number of para-hydroxylation sites is 1. The van der Waals surface area contributed by atoms with E-state index in [1.807, 2.05) is 54.6 Å². The van der Waals surface area contributed by atoms with Gasteiger partial charge in [-0.25, -0.2) is 9.97 Å². The van der Waals surface area contributed by atoms with Crippen LogP contribution in [0.5, 0.6) is 0 Å². The van der Waals surface area contributed by atoms with Crippen molar-refractivity contribution in [3.63, 3.8) is 0 Å². The maximum absolute atomic E-state index is 12.7. The smallest absolute Gasteiger partial charge is 0.365 e. The van der Waals surface area contributed by atoms with Gasteiger partial charge < -0.3 is 5.32 Å². The SMILES string of the molecule is FC(F)(F)c1ccc(CNc2nc(-c3ccccc3)nc3ccccc23)cc1. The fraction of sp³-hybridized carbons (Fsp3) is 0.0909. The summed E-state index contributed by atoms with van der Waals surface area (Å²) in [7, 11) is 0. The van der Waals surface area contributed by atoms with Gasteiger partial charge in [0.1, 0.15) is 5.82 Å². The second-order valence-corrected chi connectivity index (χ2v) is 6.33. The zero-order valence-corrected chi connectivity index (χ0v) is 14.7. The third-order valence-corrected chi connectivity index (χ3v) is 4.38. The van der Waals surface area contributed by atoms with E-state index in [0.717, 1.165) is 34.2 Å². The molecule has 4 rings (SSSR count). The van der Waals surface area contributed by atoms with Gasteiger partial charge >= 0.3 is 6.18 Å². The highest BCUT2D eigenvalue weighted by molar-refractivity contribution is 5.90. The number of hydrogen-bond donors (Lipinski definition) is 1. The lowest BCUT2D eigenvalue weighted by molar-refractivity contribution is -0.137. The molecule has 28 heavy (non-hydrogen) atoms. The Hall–Kier alpha value is -3.41. The van der Waals surface area contributed by atoms with Gasteiger partial charge in [0.15, 0.2) is 5.82 Å². The number of nitrogens with zero attached hydrogens (tertiary/aromatic N) is 2. The van der Waals surface area contributed by atoms with Gasteiger partial charge in [0.25, 0.3) is 0 Å². The molecule has 0 radical (unpaired) electrons. The Labute approximate surface area is 159 Å². The lowest BCUT2D eigenvalue weighted by atomic mass is 10.1. The number of anilines is 1. The maximum Gasteiger partial charge on any atom is 0.416 e. The highest BCUT2D eigenvalue weighted by Crippen LogP contribution is 2.29. The van der Waals surface area contributed by atoms with Gasteiger partial charge in [-0.1, -0.05) is 54.6 Å². The van der Waals surface area contributed by atoms with Crippen LogP contribution in [0.3, 0.4) is 0 Å². The molecule has 0 aliphatic rings. The third kappa shape index (κ3) is 3.81. The van der Waals surface area contributed by atoms with Crippen LogP contribution in [-0.2, 0) is 12.7 Å². The van der Waals surface area contributed by atoms with Crippen molar-refractivity contribution in [2.24, 2.45) is 0 Å². The molecule has 0 saturated heterocycles. The van der Waals surface area contributed by atoms with Crippen LogP contribution < -0.4 is 5.32 Å². The summed E-state index contributed by atoms with van der Waals surface area (Å²) in [4.78, 5) is 9.26. The molecule has 0 unspecified atom stereocenters. The van der Waals surface area contributed by atoms with Crippen molar-refractivity contribution in [2.45, 2.75) is 12.7 Å². The Bertz CT molecular complexity index is 1090. The minimum Gasteiger partial charge on any atom is -0.365 e. The first kappa shape index (κ1) is 18.0. The topological polar surface area (TPSA) is 37.8 Å². The summed E-state index contributed by atoms with van der Waals surface area (Å²) in [6, 6.07) is 22.4. The molecule has 6 heteroatoms. The molecule has 3 nitrogen and oxygen atoms in total. The fourth-order valence-corrected chi connectivity index (χ4v) is 2.93. The van der Waals surface area contributed by atoms with Crippen LogP contribution in [0.15, 0.2) is 78.9 Å². The fourth-order valence-electron chi connectivity index (χ4n) is 2.93. The van der Waals surface area contributed by atoms with Gasteiger partial charge in [-0.15, -0.1) is 0 Å². The van der Waals surface area contributed by atoms with E-state index in [1.54, 1.807) is 0 Å². The van der Waals surface area contributed by atoms with Crippen LogP contribution in [-0.4, -0.2) is 9.97 Å². The van der Waals surface area contributed by atoms with Crippen LogP contribution in [0.25, 0.3) is 22.3 Å². The molecule has 0 bridgehead atoms. The normalized spacial score (nSPS) is 11.5. The van der Waals surface area contributed by atoms with Crippen LogP contribution >= 0.6 is 0 Å². The van der Waals surface area contributed by atoms with E-state index in [1.165, 1.54) is 12.1 Å². The highest BCUT2D eigenvalue weighted by atomic mass is 19.4. The molecule has 0 saturated carbocycles. The average molecular weight is 379 g/mol. The maximum atomic E-state index is 12.7. The second-order valence-electron chi connectivity index (χ2n) is 6.33. The number of fused-ring (bicyclic) bond motifs is 1. The van der Waals surface area contributed by atoms with Crippen molar-refractivity contribution in [3.8, 4) is 11.4 Å². The first-order chi connectivity index (χ1) is 13.5. The van der Waals surface area contributed by atoms with Crippen molar-refractivity contribution in [1.29, 1.82) is 0 Å². The number of nitrogens with one attached hydrogen (secondary N) is 1. The zero-order chi connectivity index (χ0) is 19.6. The van der Waals surface area contributed by atoms with Gasteiger partial charge in [-0.05, 0) is 29.8 Å². The minimum atomic E-state index is -4.33. The molecule has 0 amide bonds. The highest BCUT2D eigenvalue weighted by Gasteiger charge is 2.29. The average Bonchev–Trinajstić information content (AvgIpc) is 2.72. The lowest BCUT2D eigenvalue weighted by Crippen LogP contribution is -2.07. The van der Waals surface area contributed by atoms with Crippen LogP contribution in [0.1, 0.15) is 11.1 Å². The number of hydrogen-bond acceptors (Lipinski definition) is 3. The molecule has 1 aromatic heterocycles. The van der Waals surface area contributed by atoms with Gasteiger partial charge in [0, 0.05) is 17.5 Å². The molecular formula is C22H16F3N3. The van der Waals surface area contributed by atoms with Gasteiger partial charge in [-0.2, -0.15) is 13.2 Å². The van der Waals surface area contributed by atoms with E-state index < -0.39 is 11.7 Å². The predicted molar refractivity (Wildman–Crippen MR) is 104 cm³/mol. The first-order valence-electron chi connectivity index (χ1n) is 8.73. The molecule has 0 aliphatic carbocycles. The Morgan fingerprint density at radius 1 is 0.750 bits per heavy atom. The first-order valence-corrected chi connectivity index (χ1v) is 8.73. The molecule has 0 spiro atoms. The summed E-state index contributed by atoms with van der Waals surface area (Å²) in [5.41, 5.74) is 1.77. The van der Waals surface area contributed by atoms with E-state index in [2.05, 4.69) is 15.3 Å². The van der Waals surface area contributed by atoms with E-state index in [9.17, 15) is 13.2 Å². The van der Waals surface area contributed by atoms with Crippen molar-refractivity contribution in [1.82, 2.24) is 9.97 Å². The van der Waals surface area contributed by atoms with Gasteiger partial charge in [0.2, 0.25) is 0 Å². The summed E-state index contributed by atoms with van der Waals surface area (Å²) in [6.07, 6.45) is -4.33. The van der Waals surface area contributed by atoms with Crippen LogP contribution in [0.4, 0.5) is 19.0 Å². The Morgan fingerprint density at radius 3 is 2.14 bits per heavy atom. The van der Waals surface area contributed by atoms with E-state index >= 15 is 0 Å². The van der Waals surface area contributed by atoms with Crippen molar-refractivity contribution in [3.05, 3.63) is 90.0 Å². The number of aromatic nitrogens is 2. The van der Waals surface area contributed by atoms with Crippen molar-refractivity contribution in [2.75, 3.05) is 5.32 Å². The molecule has 1 N–H and O–H groups in total. The summed E-state index contributed by atoms with van der Waals surface area (Å²) < 4.78 is 38.2. The lowest BCUT2D eigenvalue weighted by Gasteiger charge is -2.12. The number of rotatable bonds is 4. The molecule has 3 aromatic carbocycles. The van der Waals surface area contributed by atoms with Gasteiger partial charge in [-0.3, -0.25) is 0 Å². The Balaban J connectivity index is 1.64. The van der Waals surface area contributed by atoms with Crippen molar-refractivity contribution < 1.29 is 13.2 Å². The minimum absolute atomic E-state index is 0.355. The molecular weight excluding hydrogens is 363 g/mol. The van der Waals surface area contributed by atoms with Gasteiger partial charge in [0.05, 0.1) is 11.1 Å². The molecule has 0 aliphatic heterocycles. The number of alkyl halides is 3. The Morgan fingerprint density at radius 2 is 1.43 bits per heavy atom. The van der Waals surface area contributed by atoms with Crippen molar-refractivity contribution >= 4 is 16.7 Å². The van der Waals surface area contributed by atoms with E-state index in [0.29, 0.717) is 18.2 Å². The number of benzene rings is 3. The standard InChI is InChI=1S/C22H16F3N3/c23-22(24,25)17-12-10-15(11-13-17)14-26-21-18-8-4-5-9-19(18)27-20(28-21)16-6-2-1-3-7-16/h1-13H,14H2,(H,26,27,28). The summed E-state index contributed by atoms with van der Waals surface area (Å²) in [5, 5.41) is 4.10. The second kappa shape index (κ2) is 7.31. The summed E-state index contributed by atoms with van der Waals surface area (Å²) in [5.74, 6) is 1.23. The number of halogens is 3. The predicted octanol–water partition coefficient (Wildman–Crippen LogP) is 5.93. The Kier molecular flexibility index (Phi) is 4.69. The quantitative estimate of drug-likeness (QED) is 0.478. The molecule has 0 fully saturated rings. The molecule has 0 atom stereocenters. The third-order valence-electron chi connectivity index (χ3n) is 4.38. The largest absolute Gasteiger partial charge is 0.416 e. The summed E-state index contributed by atoms with van der Waals surface area (Å²) in [6.45, 7) is 0.355. The van der Waals surface area contributed by atoms with Crippen LogP contribution in [0.2, 0.25) is 0 Å². The zero-order valence-electron chi connectivity index (χ0n) is 14.7. The van der Waals surface area contributed by atoms with E-state index in [4.69, 9.17) is 0 Å². The molecule has 4 aromatic rings.